The molecule has 0 radical (unpaired) electrons. The lowest BCUT2D eigenvalue weighted by atomic mass is 10.2. The normalized spacial score (nSPS) is 10.1. The molecule has 0 saturated heterocycles. The first-order valence-electron chi connectivity index (χ1n) is 6.35. The molecule has 0 aliphatic carbocycles. The fraction of sp³-hybridized carbons (Fsp3) is 0.214. The number of hydrogen-bond acceptors (Lipinski definition) is 6. The summed E-state index contributed by atoms with van der Waals surface area (Å²) in [6.45, 7) is 1.16. The van der Waals surface area contributed by atoms with Gasteiger partial charge in [0.15, 0.2) is 0 Å². The molecular formula is C14H16N4O3. The first kappa shape index (κ1) is 14.7. The molecule has 0 fully saturated rings. The van der Waals surface area contributed by atoms with E-state index in [1.165, 1.54) is 6.07 Å². The standard InChI is InChI=1S/C14H16N4O3/c1-21-8-7-16-14-15-6-5-12(18-14)17-11-4-2-3-10(9-11)13(19)20/h2-6,9H,7-8H2,1H3,(H,19,20)(H2,15,16,17,18). The zero-order valence-corrected chi connectivity index (χ0v) is 11.5. The molecule has 0 saturated carbocycles. The summed E-state index contributed by atoms with van der Waals surface area (Å²) >= 11 is 0. The van der Waals surface area contributed by atoms with Crippen molar-refractivity contribution in [1.82, 2.24) is 9.97 Å². The Morgan fingerprint density at radius 2 is 2.24 bits per heavy atom. The summed E-state index contributed by atoms with van der Waals surface area (Å²) in [5.74, 6) is 0.0853. The molecule has 1 aromatic heterocycles. The van der Waals surface area contributed by atoms with E-state index in [-0.39, 0.29) is 5.56 Å². The van der Waals surface area contributed by atoms with Crippen molar-refractivity contribution in [1.29, 1.82) is 0 Å². The van der Waals surface area contributed by atoms with Gasteiger partial charge in [0, 0.05) is 25.5 Å². The number of carbonyl (C=O) groups is 1. The number of hydrogen-bond donors (Lipinski definition) is 3. The molecule has 0 amide bonds. The Hall–Kier alpha value is -2.67. The Morgan fingerprint density at radius 1 is 1.38 bits per heavy atom. The van der Waals surface area contributed by atoms with Gasteiger partial charge in [-0.2, -0.15) is 4.98 Å². The van der Waals surface area contributed by atoms with Gasteiger partial charge in [-0.05, 0) is 24.3 Å². The van der Waals surface area contributed by atoms with Gasteiger partial charge >= 0.3 is 5.97 Å². The second-order valence-electron chi connectivity index (χ2n) is 4.20. The first-order valence-corrected chi connectivity index (χ1v) is 6.35. The van der Waals surface area contributed by atoms with Crippen molar-refractivity contribution in [2.24, 2.45) is 0 Å². The summed E-state index contributed by atoms with van der Waals surface area (Å²) in [5.41, 5.74) is 0.865. The van der Waals surface area contributed by atoms with E-state index in [4.69, 9.17) is 9.84 Å². The van der Waals surface area contributed by atoms with Gasteiger partial charge in [0.05, 0.1) is 12.2 Å². The molecule has 2 rings (SSSR count). The molecule has 0 aliphatic heterocycles. The van der Waals surface area contributed by atoms with Crippen molar-refractivity contribution in [3.8, 4) is 0 Å². The van der Waals surface area contributed by atoms with E-state index >= 15 is 0 Å². The third-order valence-electron chi connectivity index (χ3n) is 2.63. The number of carboxylic acids is 1. The molecule has 21 heavy (non-hydrogen) atoms. The average Bonchev–Trinajstić information content (AvgIpc) is 2.48. The predicted octanol–water partition coefficient (Wildman–Crippen LogP) is 1.98. The van der Waals surface area contributed by atoms with E-state index in [2.05, 4.69) is 20.6 Å². The maximum Gasteiger partial charge on any atom is 0.335 e. The fourth-order valence-corrected chi connectivity index (χ4v) is 1.66. The monoisotopic (exact) mass is 288 g/mol. The number of carboxylic acid groups (broad SMARTS) is 1. The van der Waals surface area contributed by atoms with Crippen LogP contribution in [0, 0.1) is 0 Å². The molecule has 2 aromatic rings. The number of aromatic nitrogens is 2. The molecule has 0 atom stereocenters. The highest BCUT2D eigenvalue weighted by Crippen LogP contribution is 2.16. The quantitative estimate of drug-likeness (QED) is 0.670. The number of methoxy groups -OCH3 is 1. The van der Waals surface area contributed by atoms with Crippen molar-refractivity contribution in [2.75, 3.05) is 30.9 Å². The Balaban J connectivity index is 2.07. The summed E-state index contributed by atoms with van der Waals surface area (Å²) in [5, 5.41) is 15.0. The number of aromatic carboxylic acids is 1. The highest BCUT2D eigenvalue weighted by atomic mass is 16.5. The summed E-state index contributed by atoms with van der Waals surface area (Å²) < 4.78 is 4.94. The second-order valence-corrected chi connectivity index (χ2v) is 4.20. The molecule has 3 N–H and O–H groups in total. The largest absolute Gasteiger partial charge is 0.478 e. The minimum atomic E-state index is -0.969. The molecule has 0 unspecified atom stereocenters. The van der Waals surface area contributed by atoms with Crippen LogP contribution in [0.3, 0.4) is 0 Å². The maximum absolute atomic E-state index is 10.9. The molecule has 0 bridgehead atoms. The molecule has 7 heteroatoms. The van der Waals surface area contributed by atoms with E-state index in [0.29, 0.717) is 30.6 Å². The van der Waals surface area contributed by atoms with Crippen LogP contribution < -0.4 is 10.6 Å². The number of rotatable bonds is 7. The van der Waals surface area contributed by atoms with Crippen LogP contribution in [0.15, 0.2) is 36.5 Å². The van der Waals surface area contributed by atoms with E-state index < -0.39 is 5.97 Å². The van der Waals surface area contributed by atoms with Gasteiger partial charge in [0.2, 0.25) is 5.95 Å². The van der Waals surface area contributed by atoms with E-state index in [9.17, 15) is 4.79 Å². The van der Waals surface area contributed by atoms with Crippen molar-refractivity contribution < 1.29 is 14.6 Å². The minimum absolute atomic E-state index is 0.215. The van der Waals surface area contributed by atoms with Crippen molar-refractivity contribution in [3.05, 3.63) is 42.1 Å². The van der Waals surface area contributed by atoms with Crippen molar-refractivity contribution in [2.45, 2.75) is 0 Å². The lowest BCUT2D eigenvalue weighted by Crippen LogP contribution is -2.10. The van der Waals surface area contributed by atoms with E-state index in [0.717, 1.165) is 0 Å². The number of ether oxygens (including phenoxy) is 1. The Kier molecular flexibility index (Phi) is 5.05. The van der Waals surface area contributed by atoms with Gasteiger partial charge < -0.3 is 20.5 Å². The van der Waals surface area contributed by atoms with Crippen LogP contribution >= 0.6 is 0 Å². The molecule has 110 valence electrons. The lowest BCUT2D eigenvalue weighted by molar-refractivity contribution is 0.0697. The zero-order valence-electron chi connectivity index (χ0n) is 11.5. The highest BCUT2D eigenvalue weighted by molar-refractivity contribution is 5.89. The second kappa shape index (κ2) is 7.20. The smallest absolute Gasteiger partial charge is 0.335 e. The number of anilines is 3. The third-order valence-corrected chi connectivity index (χ3v) is 2.63. The van der Waals surface area contributed by atoms with Crippen molar-refractivity contribution in [3.63, 3.8) is 0 Å². The van der Waals surface area contributed by atoms with Crippen LogP contribution in [-0.2, 0) is 4.74 Å². The Morgan fingerprint density at radius 3 is 3.00 bits per heavy atom. The summed E-state index contributed by atoms with van der Waals surface area (Å²) in [6.07, 6.45) is 1.62. The van der Waals surface area contributed by atoms with Gasteiger partial charge in [-0.15, -0.1) is 0 Å². The average molecular weight is 288 g/mol. The Bertz CT molecular complexity index is 619. The SMILES string of the molecule is COCCNc1nccc(Nc2cccc(C(=O)O)c2)n1. The van der Waals surface area contributed by atoms with Gasteiger partial charge in [-0.3, -0.25) is 0 Å². The number of benzene rings is 1. The molecule has 0 aliphatic rings. The molecule has 1 heterocycles. The van der Waals surface area contributed by atoms with Gasteiger partial charge in [-0.25, -0.2) is 9.78 Å². The summed E-state index contributed by atoms with van der Waals surface area (Å²) in [6, 6.07) is 8.22. The maximum atomic E-state index is 10.9. The summed E-state index contributed by atoms with van der Waals surface area (Å²) in [4.78, 5) is 19.3. The van der Waals surface area contributed by atoms with Crippen LogP contribution in [0.2, 0.25) is 0 Å². The number of nitrogens with one attached hydrogen (secondary N) is 2. The number of nitrogens with zero attached hydrogens (tertiary/aromatic N) is 2. The minimum Gasteiger partial charge on any atom is -0.478 e. The topological polar surface area (TPSA) is 96.4 Å². The van der Waals surface area contributed by atoms with Gasteiger partial charge in [0.1, 0.15) is 5.82 Å². The fourth-order valence-electron chi connectivity index (χ4n) is 1.66. The van der Waals surface area contributed by atoms with Crippen LogP contribution in [0.5, 0.6) is 0 Å². The zero-order chi connectivity index (χ0) is 15.1. The van der Waals surface area contributed by atoms with E-state index in [1.807, 2.05) is 0 Å². The van der Waals surface area contributed by atoms with Crippen LogP contribution in [-0.4, -0.2) is 41.3 Å². The van der Waals surface area contributed by atoms with E-state index in [1.54, 1.807) is 37.6 Å². The van der Waals surface area contributed by atoms with Crippen LogP contribution in [0.4, 0.5) is 17.5 Å². The highest BCUT2D eigenvalue weighted by Gasteiger charge is 2.04. The third kappa shape index (κ3) is 4.43. The predicted molar refractivity (Wildman–Crippen MR) is 79.1 cm³/mol. The molecule has 1 aromatic carbocycles. The van der Waals surface area contributed by atoms with Crippen LogP contribution in [0.25, 0.3) is 0 Å². The van der Waals surface area contributed by atoms with Gasteiger partial charge in [-0.1, -0.05) is 6.07 Å². The molecule has 7 nitrogen and oxygen atoms in total. The summed E-state index contributed by atoms with van der Waals surface area (Å²) in [7, 11) is 1.62. The Labute approximate surface area is 122 Å². The lowest BCUT2D eigenvalue weighted by Gasteiger charge is -2.08. The molecule has 0 spiro atoms. The van der Waals surface area contributed by atoms with Gasteiger partial charge in [0.25, 0.3) is 0 Å². The molecular weight excluding hydrogens is 272 g/mol. The van der Waals surface area contributed by atoms with Crippen LogP contribution in [0.1, 0.15) is 10.4 Å². The first-order chi connectivity index (χ1) is 10.2. The van der Waals surface area contributed by atoms with Crippen molar-refractivity contribution >= 4 is 23.4 Å².